The van der Waals surface area contributed by atoms with Gasteiger partial charge in [-0.25, -0.2) is 9.97 Å². The summed E-state index contributed by atoms with van der Waals surface area (Å²) < 4.78 is 5.32. The van der Waals surface area contributed by atoms with Crippen molar-refractivity contribution in [2.45, 2.75) is 18.9 Å². The number of likely N-dealkylation sites (N-methyl/N-ethyl adjacent to an activating group) is 1. The number of hydrogen-bond donors (Lipinski definition) is 1. The molecule has 1 atom stereocenters. The molecular weight excluding hydrogens is 230 g/mol. The SMILES string of the molecule is COc1c(N)ncnc1N1CCCC(N(C)C)C1. The summed E-state index contributed by atoms with van der Waals surface area (Å²) in [6.07, 6.45) is 3.86. The van der Waals surface area contributed by atoms with Crippen LogP contribution in [0.2, 0.25) is 0 Å². The molecule has 0 saturated carbocycles. The zero-order chi connectivity index (χ0) is 13.1. The molecule has 0 amide bonds. The number of nitrogens with two attached hydrogens (primary N) is 1. The highest BCUT2D eigenvalue weighted by molar-refractivity contribution is 5.62. The quantitative estimate of drug-likeness (QED) is 0.848. The van der Waals surface area contributed by atoms with Crippen molar-refractivity contribution in [1.29, 1.82) is 0 Å². The zero-order valence-corrected chi connectivity index (χ0v) is 11.3. The first-order valence-corrected chi connectivity index (χ1v) is 6.19. The van der Waals surface area contributed by atoms with Crippen LogP contribution in [0.25, 0.3) is 0 Å². The van der Waals surface area contributed by atoms with Gasteiger partial charge >= 0.3 is 0 Å². The van der Waals surface area contributed by atoms with Crippen LogP contribution in [0.4, 0.5) is 11.6 Å². The van der Waals surface area contributed by atoms with Gasteiger partial charge in [-0.05, 0) is 26.9 Å². The van der Waals surface area contributed by atoms with Crippen LogP contribution in [-0.2, 0) is 0 Å². The molecule has 100 valence electrons. The van der Waals surface area contributed by atoms with E-state index in [1.165, 1.54) is 12.7 Å². The Morgan fingerprint density at radius 3 is 2.89 bits per heavy atom. The molecule has 6 heteroatoms. The minimum atomic E-state index is 0.398. The molecule has 0 bridgehead atoms. The molecular formula is C12H21N5O. The molecule has 2 rings (SSSR count). The first-order chi connectivity index (χ1) is 8.63. The second-order valence-corrected chi connectivity index (χ2v) is 4.82. The van der Waals surface area contributed by atoms with Crippen LogP contribution in [0.5, 0.6) is 5.75 Å². The van der Waals surface area contributed by atoms with Crippen LogP contribution in [0, 0.1) is 0 Å². The summed E-state index contributed by atoms with van der Waals surface area (Å²) in [5.74, 6) is 1.78. The Kier molecular flexibility index (Phi) is 3.86. The Labute approximate surface area is 108 Å². The lowest BCUT2D eigenvalue weighted by molar-refractivity contribution is 0.256. The monoisotopic (exact) mass is 251 g/mol. The first-order valence-electron chi connectivity index (χ1n) is 6.19. The third-order valence-electron chi connectivity index (χ3n) is 3.44. The molecule has 0 radical (unpaired) electrons. The van der Waals surface area contributed by atoms with E-state index in [0.717, 1.165) is 25.3 Å². The Balaban J connectivity index is 2.23. The highest BCUT2D eigenvalue weighted by atomic mass is 16.5. The fourth-order valence-electron chi connectivity index (χ4n) is 2.37. The third-order valence-corrected chi connectivity index (χ3v) is 3.44. The number of piperidine rings is 1. The van der Waals surface area contributed by atoms with Crippen LogP contribution < -0.4 is 15.4 Å². The Hall–Kier alpha value is -1.56. The lowest BCUT2D eigenvalue weighted by Gasteiger charge is -2.37. The minimum absolute atomic E-state index is 0.398. The molecule has 1 unspecified atom stereocenters. The Bertz CT molecular complexity index is 409. The van der Waals surface area contributed by atoms with E-state index in [1.54, 1.807) is 7.11 Å². The van der Waals surface area contributed by atoms with Crippen LogP contribution in [0.3, 0.4) is 0 Å². The van der Waals surface area contributed by atoms with Gasteiger partial charge in [0, 0.05) is 19.1 Å². The molecule has 0 spiro atoms. The van der Waals surface area contributed by atoms with Gasteiger partial charge in [0.2, 0.25) is 5.75 Å². The number of hydrogen-bond acceptors (Lipinski definition) is 6. The third kappa shape index (κ3) is 2.48. The summed E-state index contributed by atoms with van der Waals surface area (Å²) in [4.78, 5) is 12.8. The van der Waals surface area contributed by atoms with Crippen molar-refractivity contribution >= 4 is 11.6 Å². The molecule has 1 aromatic rings. The van der Waals surface area contributed by atoms with Crippen LogP contribution >= 0.6 is 0 Å². The molecule has 2 N–H and O–H groups in total. The van der Waals surface area contributed by atoms with Gasteiger partial charge in [-0.3, -0.25) is 0 Å². The van der Waals surface area contributed by atoms with Crippen molar-refractivity contribution in [3.8, 4) is 5.75 Å². The smallest absolute Gasteiger partial charge is 0.204 e. The van der Waals surface area contributed by atoms with Crippen molar-refractivity contribution in [3.63, 3.8) is 0 Å². The topological polar surface area (TPSA) is 67.5 Å². The fourth-order valence-corrected chi connectivity index (χ4v) is 2.37. The van der Waals surface area contributed by atoms with E-state index >= 15 is 0 Å². The van der Waals surface area contributed by atoms with Gasteiger partial charge in [0.25, 0.3) is 0 Å². The summed E-state index contributed by atoms with van der Waals surface area (Å²) in [6, 6.07) is 0.541. The largest absolute Gasteiger partial charge is 0.490 e. The highest BCUT2D eigenvalue weighted by Gasteiger charge is 2.25. The van der Waals surface area contributed by atoms with Gasteiger partial charge in [0.15, 0.2) is 11.6 Å². The lowest BCUT2D eigenvalue weighted by Crippen LogP contribution is -2.45. The van der Waals surface area contributed by atoms with E-state index in [2.05, 4.69) is 33.9 Å². The van der Waals surface area contributed by atoms with Gasteiger partial charge in [-0.2, -0.15) is 0 Å². The van der Waals surface area contributed by atoms with Crippen molar-refractivity contribution in [2.24, 2.45) is 0 Å². The van der Waals surface area contributed by atoms with E-state index in [0.29, 0.717) is 17.6 Å². The first kappa shape index (κ1) is 12.9. The number of nitrogens with zero attached hydrogens (tertiary/aromatic N) is 4. The van der Waals surface area contributed by atoms with Crippen LogP contribution in [-0.4, -0.2) is 55.2 Å². The second-order valence-electron chi connectivity index (χ2n) is 4.82. The van der Waals surface area contributed by atoms with Crippen molar-refractivity contribution in [3.05, 3.63) is 6.33 Å². The minimum Gasteiger partial charge on any atom is -0.490 e. The van der Waals surface area contributed by atoms with Gasteiger partial charge in [0.1, 0.15) is 6.33 Å². The Morgan fingerprint density at radius 1 is 1.44 bits per heavy atom. The van der Waals surface area contributed by atoms with Gasteiger partial charge < -0.3 is 20.3 Å². The average Bonchev–Trinajstić information content (AvgIpc) is 2.38. The van der Waals surface area contributed by atoms with E-state index in [-0.39, 0.29) is 0 Å². The number of rotatable bonds is 3. The molecule has 1 fully saturated rings. The summed E-state index contributed by atoms with van der Waals surface area (Å²) in [6.45, 7) is 1.93. The van der Waals surface area contributed by atoms with E-state index in [9.17, 15) is 0 Å². The second kappa shape index (κ2) is 5.39. The predicted octanol–water partition coefficient (Wildman–Crippen LogP) is 0.598. The van der Waals surface area contributed by atoms with Crippen LogP contribution in [0.15, 0.2) is 6.33 Å². The van der Waals surface area contributed by atoms with Crippen molar-refractivity contribution < 1.29 is 4.74 Å². The number of methoxy groups -OCH3 is 1. The van der Waals surface area contributed by atoms with E-state index in [1.807, 2.05) is 0 Å². The molecule has 1 aliphatic rings. The molecule has 1 saturated heterocycles. The van der Waals surface area contributed by atoms with Gasteiger partial charge in [0.05, 0.1) is 7.11 Å². The molecule has 1 aromatic heterocycles. The summed E-state index contributed by atoms with van der Waals surface area (Å²) in [5, 5.41) is 0. The van der Waals surface area contributed by atoms with Gasteiger partial charge in [-0.1, -0.05) is 0 Å². The normalized spacial score (nSPS) is 20.2. The maximum atomic E-state index is 5.82. The molecule has 0 aliphatic carbocycles. The molecule has 18 heavy (non-hydrogen) atoms. The maximum absolute atomic E-state index is 5.82. The van der Waals surface area contributed by atoms with Crippen LogP contribution in [0.1, 0.15) is 12.8 Å². The molecule has 0 aromatic carbocycles. The van der Waals surface area contributed by atoms with Gasteiger partial charge in [-0.15, -0.1) is 0 Å². The molecule has 1 aliphatic heterocycles. The fraction of sp³-hybridized carbons (Fsp3) is 0.667. The summed E-state index contributed by atoms with van der Waals surface area (Å²) in [5.41, 5.74) is 5.82. The maximum Gasteiger partial charge on any atom is 0.204 e. The molecule has 2 heterocycles. The van der Waals surface area contributed by atoms with E-state index in [4.69, 9.17) is 10.5 Å². The molecule has 6 nitrogen and oxygen atoms in total. The number of nitrogen functional groups attached to an aromatic ring is 1. The summed E-state index contributed by atoms with van der Waals surface area (Å²) >= 11 is 0. The van der Waals surface area contributed by atoms with Crippen molar-refractivity contribution in [1.82, 2.24) is 14.9 Å². The standard InChI is InChI=1S/C12H21N5O/c1-16(2)9-5-4-6-17(7-9)12-10(18-3)11(13)14-8-15-12/h8-9H,4-7H2,1-3H3,(H2,13,14,15). The highest BCUT2D eigenvalue weighted by Crippen LogP contribution is 2.31. The number of aromatic nitrogens is 2. The average molecular weight is 251 g/mol. The summed E-state index contributed by atoms with van der Waals surface area (Å²) in [7, 11) is 5.82. The number of ether oxygens (including phenoxy) is 1. The van der Waals surface area contributed by atoms with E-state index < -0.39 is 0 Å². The van der Waals surface area contributed by atoms with Crippen molar-refractivity contribution in [2.75, 3.05) is 44.9 Å². The Morgan fingerprint density at radius 2 is 2.22 bits per heavy atom. The zero-order valence-electron chi connectivity index (χ0n) is 11.3. The predicted molar refractivity (Wildman–Crippen MR) is 71.9 cm³/mol. The lowest BCUT2D eigenvalue weighted by atomic mass is 10.0. The number of anilines is 2.